The lowest BCUT2D eigenvalue weighted by Crippen LogP contribution is -2.07. The molecule has 3 nitrogen and oxygen atoms in total. The lowest BCUT2D eigenvalue weighted by atomic mass is 10.2. The Kier molecular flexibility index (Phi) is 1.99. The van der Waals surface area contributed by atoms with Crippen LogP contribution in [0, 0.1) is 0 Å². The van der Waals surface area contributed by atoms with Crippen LogP contribution >= 0.6 is 0 Å². The number of fused-ring (bicyclic) bond motifs is 1. The minimum absolute atomic E-state index is 0.0415. The van der Waals surface area contributed by atoms with Gasteiger partial charge in [0.05, 0.1) is 16.6 Å². The van der Waals surface area contributed by atoms with Gasteiger partial charge in [-0.3, -0.25) is 4.79 Å². The number of aldehydes is 1. The Bertz CT molecular complexity index is 516. The minimum Gasteiger partial charge on any atom is -0.359 e. The van der Waals surface area contributed by atoms with Crippen LogP contribution in [0.25, 0.3) is 11.0 Å². The molecule has 2 aromatic heterocycles. The summed E-state index contributed by atoms with van der Waals surface area (Å²) in [6.07, 6.45) is -2.71. The van der Waals surface area contributed by atoms with Gasteiger partial charge in [-0.25, -0.2) is 4.98 Å². The number of carbonyl (C=O) groups is 1. The standard InChI is InChI=1S/C9H5F3N2O/c10-9(11,12)7-2-1-6-8(14-7)5(4-15)3-13-6/h1-4,13H. The second kappa shape index (κ2) is 3.08. The van der Waals surface area contributed by atoms with E-state index < -0.39 is 11.9 Å². The molecule has 0 spiro atoms. The van der Waals surface area contributed by atoms with Crippen LogP contribution in [0.3, 0.4) is 0 Å². The molecule has 78 valence electrons. The molecule has 6 heteroatoms. The lowest BCUT2D eigenvalue weighted by Gasteiger charge is -2.04. The normalized spacial score (nSPS) is 11.9. The summed E-state index contributed by atoms with van der Waals surface area (Å²) in [6, 6.07) is 2.12. The van der Waals surface area contributed by atoms with Crippen molar-refractivity contribution < 1.29 is 18.0 Å². The van der Waals surface area contributed by atoms with Crippen LogP contribution in [-0.4, -0.2) is 16.3 Å². The highest BCUT2D eigenvalue weighted by Crippen LogP contribution is 2.29. The zero-order chi connectivity index (χ0) is 11.1. The van der Waals surface area contributed by atoms with Crippen molar-refractivity contribution in [3.8, 4) is 0 Å². The molecular weight excluding hydrogens is 209 g/mol. The van der Waals surface area contributed by atoms with Crippen molar-refractivity contribution in [2.75, 3.05) is 0 Å². The van der Waals surface area contributed by atoms with Gasteiger partial charge in [0, 0.05) is 6.20 Å². The summed E-state index contributed by atoms with van der Waals surface area (Å²) in [7, 11) is 0. The predicted octanol–water partition coefficient (Wildman–Crippen LogP) is 2.39. The number of rotatable bonds is 1. The first-order valence-electron chi connectivity index (χ1n) is 4.03. The fourth-order valence-electron chi connectivity index (χ4n) is 1.27. The van der Waals surface area contributed by atoms with Gasteiger partial charge in [-0.1, -0.05) is 0 Å². The van der Waals surface area contributed by atoms with Crippen molar-refractivity contribution in [2.24, 2.45) is 0 Å². The molecule has 0 fully saturated rings. The van der Waals surface area contributed by atoms with Crippen molar-refractivity contribution in [1.29, 1.82) is 0 Å². The largest absolute Gasteiger partial charge is 0.433 e. The number of halogens is 3. The van der Waals surface area contributed by atoms with E-state index in [2.05, 4.69) is 9.97 Å². The van der Waals surface area contributed by atoms with Gasteiger partial charge in [0.1, 0.15) is 5.69 Å². The summed E-state index contributed by atoms with van der Waals surface area (Å²) in [5.74, 6) is 0. The van der Waals surface area contributed by atoms with Crippen LogP contribution < -0.4 is 0 Å². The Morgan fingerprint density at radius 1 is 1.33 bits per heavy atom. The molecule has 0 saturated heterocycles. The van der Waals surface area contributed by atoms with E-state index in [1.54, 1.807) is 0 Å². The van der Waals surface area contributed by atoms with E-state index in [0.29, 0.717) is 11.8 Å². The molecule has 2 rings (SSSR count). The number of H-pyrrole nitrogens is 1. The van der Waals surface area contributed by atoms with Gasteiger partial charge >= 0.3 is 6.18 Å². The third-order valence-electron chi connectivity index (χ3n) is 1.97. The summed E-state index contributed by atoms with van der Waals surface area (Å²) in [6.45, 7) is 0. The molecule has 0 amide bonds. The lowest BCUT2D eigenvalue weighted by molar-refractivity contribution is -0.140. The maximum atomic E-state index is 12.3. The first-order valence-corrected chi connectivity index (χ1v) is 4.03. The fourth-order valence-corrected chi connectivity index (χ4v) is 1.27. The molecule has 2 heterocycles. The molecule has 0 saturated carbocycles. The second-order valence-corrected chi connectivity index (χ2v) is 2.95. The summed E-state index contributed by atoms with van der Waals surface area (Å²) in [4.78, 5) is 16.5. The number of nitrogens with zero attached hydrogens (tertiary/aromatic N) is 1. The monoisotopic (exact) mass is 214 g/mol. The Balaban J connectivity index is 2.68. The van der Waals surface area contributed by atoms with E-state index in [1.165, 1.54) is 12.3 Å². The maximum Gasteiger partial charge on any atom is 0.433 e. The predicted molar refractivity (Wildman–Crippen MR) is 46.5 cm³/mol. The number of aromatic nitrogens is 2. The molecule has 0 aromatic carbocycles. The van der Waals surface area contributed by atoms with Crippen molar-refractivity contribution in [3.63, 3.8) is 0 Å². The van der Waals surface area contributed by atoms with E-state index >= 15 is 0 Å². The molecule has 0 radical (unpaired) electrons. The van der Waals surface area contributed by atoms with Crippen molar-refractivity contribution in [1.82, 2.24) is 9.97 Å². The molecule has 0 atom stereocenters. The Morgan fingerprint density at radius 2 is 2.07 bits per heavy atom. The van der Waals surface area contributed by atoms with Crippen LogP contribution in [0.2, 0.25) is 0 Å². The van der Waals surface area contributed by atoms with Crippen molar-refractivity contribution >= 4 is 17.3 Å². The number of hydrogen-bond donors (Lipinski definition) is 1. The van der Waals surface area contributed by atoms with E-state index in [0.717, 1.165) is 6.07 Å². The molecular formula is C9H5F3N2O. The highest BCUT2D eigenvalue weighted by atomic mass is 19.4. The quantitative estimate of drug-likeness (QED) is 0.741. The molecule has 15 heavy (non-hydrogen) atoms. The zero-order valence-corrected chi connectivity index (χ0v) is 7.30. The topological polar surface area (TPSA) is 45.8 Å². The highest BCUT2D eigenvalue weighted by Gasteiger charge is 2.32. The average molecular weight is 214 g/mol. The average Bonchev–Trinajstić information content (AvgIpc) is 2.57. The van der Waals surface area contributed by atoms with Crippen LogP contribution in [0.5, 0.6) is 0 Å². The number of hydrogen-bond acceptors (Lipinski definition) is 2. The molecule has 2 aromatic rings. The second-order valence-electron chi connectivity index (χ2n) is 2.95. The Hall–Kier alpha value is -1.85. The smallest absolute Gasteiger partial charge is 0.359 e. The van der Waals surface area contributed by atoms with Crippen LogP contribution in [-0.2, 0) is 6.18 Å². The molecule has 0 unspecified atom stereocenters. The van der Waals surface area contributed by atoms with Gasteiger partial charge in [0.25, 0.3) is 0 Å². The first-order chi connectivity index (χ1) is 7.02. The minimum atomic E-state index is -4.49. The molecule has 0 bridgehead atoms. The van der Waals surface area contributed by atoms with Crippen molar-refractivity contribution in [3.05, 3.63) is 29.6 Å². The van der Waals surface area contributed by atoms with Gasteiger partial charge in [-0.15, -0.1) is 0 Å². The molecule has 0 aliphatic rings. The summed E-state index contributed by atoms with van der Waals surface area (Å²) in [5.41, 5.74) is -0.432. The highest BCUT2D eigenvalue weighted by molar-refractivity contribution is 5.94. The zero-order valence-electron chi connectivity index (χ0n) is 7.30. The van der Waals surface area contributed by atoms with E-state index in [9.17, 15) is 18.0 Å². The van der Waals surface area contributed by atoms with Crippen molar-refractivity contribution in [2.45, 2.75) is 6.18 Å². The summed E-state index contributed by atoms with van der Waals surface area (Å²) >= 11 is 0. The number of aromatic amines is 1. The third-order valence-corrected chi connectivity index (χ3v) is 1.97. The first kappa shape index (κ1) is 9.70. The Morgan fingerprint density at radius 3 is 2.67 bits per heavy atom. The van der Waals surface area contributed by atoms with Gasteiger partial charge < -0.3 is 4.98 Å². The van der Waals surface area contributed by atoms with E-state index in [-0.39, 0.29) is 11.1 Å². The molecule has 0 aliphatic heterocycles. The summed E-state index contributed by atoms with van der Waals surface area (Å²) in [5, 5.41) is 0. The van der Waals surface area contributed by atoms with Gasteiger partial charge in [-0.05, 0) is 12.1 Å². The number of nitrogens with one attached hydrogen (secondary N) is 1. The van der Waals surface area contributed by atoms with Gasteiger partial charge in [-0.2, -0.15) is 13.2 Å². The van der Waals surface area contributed by atoms with E-state index in [4.69, 9.17) is 0 Å². The van der Waals surface area contributed by atoms with Crippen LogP contribution in [0.15, 0.2) is 18.3 Å². The number of carbonyl (C=O) groups excluding carboxylic acids is 1. The Labute approximate surface area is 81.9 Å². The van der Waals surface area contributed by atoms with Crippen LogP contribution in [0.1, 0.15) is 16.1 Å². The SMILES string of the molecule is O=Cc1c[nH]c2ccc(C(F)(F)F)nc12. The number of alkyl halides is 3. The summed E-state index contributed by atoms with van der Waals surface area (Å²) < 4.78 is 36.9. The maximum absolute atomic E-state index is 12.3. The van der Waals surface area contributed by atoms with Gasteiger partial charge in [0.2, 0.25) is 0 Å². The van der Waals surface area contributed by atoms with Gasteiger partial charge in [0.15, 0.2) is 6.29 Å². The fraction of sp³-hybridized carbons (Fsp3) is 0.111. The van der Waals surface area contributed by atoms with Crippen LogP contribution in [0.4, 0.5) is 13.2 Å². The van der Waals surface area contributed by atoms with E-state index in [1.807, 2.05) is 0 Å². The molecule has 1 N–H and O–H groups in total. The molecule has 0 aliphatic carbocycles. The number of pyridine rings is 1. The third kappa shape index (κ3) is 1.58.